The summed E-state index contributed by atoms with van der Waals surface area (Å²) < 4.78 is 13.0. The molecule has 1 N–H and O–H groups in total. The monoisotopic (exact) mass is 426 g/mol. The van der Waals surface area contributed by atoms with Crippen LogP contribution in [0.3, 0.4) is 0 Å². The topological polar surface area (TPSA) is 55.9 Å². The number of hydrogen-bond donors (Lipinski definition) is 1. The smallest absolute Gasteiger partial charge is 0.239 e. The lowest BCUT2D eigenvalue weighted by molar-refractivity contribution is -0.137. The number of rotatable bonds is 8. The van der Waals surface area contributed by atoms with E-state index in [1.807, 2.05) is 49.1 Å². The standard InChI is InChI=1S/C24H31FN4O2/c1-3-28(17-20-7-5-4-6-8-20)24(31)19(2)29-15-13-27(14-16-29)18-23(30)26-22-11-9-21(25)10-12-22/h4-12,19H,3,13-18H2,1-2H3,(H,26,30)/t19-/m1/s1. The van der Waals surface area contributed by atoms with Crippen molar-refractivity contribution in [3.05, 3.63) is 66.0 Å². The number of amides is 2. The molecule has 0 radical (unpaired) electrons. The fourth-order valence-electron chi connectivity index (χ4n) is 3.82. The van der Waals surface area contributed by atoms with Crippen molar-refractivity contribution in [1.29, 1.82) is 0 Å². The first-order valence-corrected chi connectivity index (χ1v) is 10.8. The molecule has 2 amide bonds. The number of nitrogens with one attached hydrogen (secondary N) is 1. The molecule has 6 nitrogen and oxygen atoms in total. The van der Waals surface area contributed by atoms with Crippen LogP contribution in [0.4, 0.5) is 10.1 Å². The third-order valence-electron chi connectivity index (χ3n) is 5.72. The molecule has 1 heterocycles. The Morgan fingerprint density at radius 1 is 1.03 bits per heavy atom. The van der Waals surface area contributed by atoms with Gasteiger partial charge in [0.15, 0.2) is 0 Å². The van der Waals surface area contributed by atoms with Crippen LogP contribution in [-0.4, -0.2) is 71.8 Å². The molecule has 31 heavy (non-hydrogen) atoms. The predicted molar refractivity (Wildman–Crippen MR) is 120 cm³/mol. The summed E-state index contributed by atoms with van der Waals surface area (Å²) in [5.74, 6) is -0.318. The molecule has 1 atom stereocenters. The second kappa shape index (κ2) is 11.0. The first-order chi connectivity index (χ1) is 15.0. The Hall–Kier alpha value is -2.77. The number of likely N-dealkylation sites (N-methyl/N-ethyl adjacent to an activating group) is 1. The van der Waals surface area contributed by atoms with E-state index in [0.717, 1.165) is 31.7 Å². The van der Waals surface area contributed by atoms with E-state index in [2.05, 4.69) is 15.1 Å². The van der Waals surface area contributed by atoms with Gasteiger partial charge in [-0.2, -0.15) is 0 Å². The summed E-state index contributed by atoms with van der Waals surface area (Å²) in [7, 11) is 0. The molecule has 2 aromatic rings. The van der Waals surface area contributed by atoms with E-state index in [9.17, 15) is 14.0 Å². The van der Waals surface area contributed by atoms with Crippen LogP contribution < -0.4 is 5.32 Å². The maximum Gasteiger partial charge on any atom is 0.239 e. The molecule has 0 aromatic heterocycles. The Morgan fingerprint density at radius 3 is 2.29 bits per heavy atom. The van der Waals surface area contributed by atoms with Gasteiger partial charge in [0.05, 0.1) is 12.6 Å². The van der Waals surface area contributed by atoms with Gasteiger partial charge in [-0.15, -0.1) is 0 Å². The summed E-state index contributed by atoms with van der Waals surface area (Å²) in [6.07, 6.45) is 0. The molecule has 0 bridgehead atoms. The van der Waals surface area contributed by atoms with E-state index in [0.29, 0.717) is 18.8 Å². The number of carbonyl (C=O) groups excluding carboxylic acids is 2. The van der Waals surface area contributed by atoms with Gasteiger partial charge >= 0.3 is 0 Å². The summed E-state index contributed by atoms with van der Waals surface area (Å²) in [6, 6.07) is 15.6. The molecule has 1 saturated heterocycles. The van der Waals surface area contributed by atoms with E-state index in [1.54, 1.807) is 12.1 Å². The van der Waals surface area contributed by atoms with Gasteiger partial charge in [0.25, 0.3) is 0 Å². The van der Waals surface area contributed by atoms with Crippen molar-refractivity contribution < 1.29 is 14.0 Å². The fourth-order valence-corrected chi connectivity index (χ4v) is 3.82. The maximum absolute atomic E-state index is 13.0. The Morgan fingerprint density at radius 2 is 1.68 bits per heavy atom. The van der Waals surface area contributed by atoms with Gasteiger partial charge in [-0.25, -0.2) is 4.39 Å². The van der Waals surface area contributed by atoms with Crippen LogP contribution in [0.5, 0.6) is 0 Å². The van der Waals surface area contributed by atoms with E-state index in [4.69, 9.17) is 0 Å². The molecule has 166 valence electrons. The van der Waals surface area contributed by atoms with Crippen molar-refractivity contribution in [2.75, 3.05) is 44.6 Å². The quantitative estimate of drug-likeness (QED) is 0.705. The van der Waals surface area contributed by atoms with E-state index >= 15 is 0 Å². The van der Waals surface area contributed by atoms with Crippen LogP contribution >= 0.6 is 0 Å². The second-order valence-corrected chi connectivity index (χ2v) is 7.88. The summed E-state index contributed by atoms with van der Waals surface area (Å²) in [6.45, 7) is 8.45. The highest BCUT2D eigenvalue weighted by molar-refractivity contribution is 5.92. The molecule has 0 spiro atoms. The normalized spacial score (nSPS) is 16.0. The minimum atomic E-state index is -0.330. The molecule has 0 unspecified atom stereocenters. The van der Waals surface area contributed by atoms with Crippen LogP contribution in [0.2, 0.25) is 0 Å². The molecule has 1 aliphatic heterocycles. The van der Waals surface area contributed by atoms with E-state index in [1.165, 1.54) is 12.1 Å². The number of hydrogen-bond acceptors (Lipinski definition) is 4. The van der Waals surface area contributed by atoms with Gasteiger partial charge in [0.1, 0.15) is 5.82 Å². The van der Waals surface area contributed by atoms with Crippen molar-refractivity contribution >= 4 is 17.5 Å². The summed E-state index contributed by atoms with van der Waals surface area (Å²) in [5.41, 5.74) is 1.71. The van der Waals surface area contributed by atoms with Crippen LogP contribution in [0, 0.1) is 5.82 Å². The Labute approximate surface area is 183 Å². The van der Waals surface area contributed by atoms with Crippen molar-refractivity contribution in [3.8, 4) is 0 Å². The molecule has 2 aromatic carbocycles. The Kier molecular flexibility index (Phi) is 8.14. The van der Waals surface area contributed by atoms with Crippen LogP contribution in [-0.2, 0) is 16.1 Å². The Bertz CT molecular complexity index is 852. The van der Waals surface area contributed by atoms with Gasteiger partial charge in [-0.1, -0.05) is 30.3 Å². The number of halogens is 1. The summed E-state index contributed by atoms with van der Waals surface area (Å²) >= 11 is 0. The van der Waals surface area contributed by atoms with Gasteiger partial charge in [0, 0.05) is 45.0 Å². The van der Waals surface area contributed by atoms with E-state index in [-0.39, 0.29) is 30.2 Å². The molecule has 1 aliphatic rings. The number of carbonyl (C=O) groups is 2. The predicted octanol–water partition coefficient (Wildman–Crippen LogP) is 2.82. The largest absolute Gasteiger partial charge is 0.337 e. The molecule has 0 aliphatic carbocycles. The van der Waals surface area contributed by atoms with Crippen molar-refractivity contribution in [2.24, 2.45) is 0 Å². The lowest BCUT2D eigenvalue weighted by Crippen LogP contribution is -2.55. The van der Waals surface area contributed by atoms with Crippen molar-refractivity contribution in [1.82, 2.24) is 14.7 Å². The molecule has 7 heteroatoms. The highest BCUT2D eigenvalue weighted by Crippen LogP contribution is 2.13. The zero-order valence-electron chi connectivity index (χ0n) is 18.3. The summed E-state index contributed by atoms with van der Waals surface area (Å²) in [5, 5.41) is 2.79. The molecular formula is C24H31FN4O2. The van der Waals surface area contributed by atoms with Gasteiger partial charge in [-0.3, -0.25) is 19.4 Å². The Balaban J connectivity index is 1.46. The first-order valence-electron chi connectivity index (χ1n) is 10.8. The van der Waals surface area contributed by atoms with Gasteiger partial charge < -0.3 is 10.2 Å². The SMILES string of the molecule is CCN(Cc1ccccc1)C(=O)[C@@H](C)N1CCN(CC(=O)Nc2ccc(F)cc2)CC1. The minimum absolute atomic E-state index is 0.121. The third kappa shape index (κ3) is 6.60. The second-order valence-electron chi connectivity index (χ2n) is 7.88. The first kappa shape index (κ1) is 22.9. The number of piperazine rings is 1. The number of nitrogens with zero attached hydrogens (tertiary/aromatic N) is 3. The summed E-state index contributed by atoms with van der Waals surface area (Å²) in [4.78, 5) is 31.5. The molecule has 0 saturated carbocycles. The fraction of sp³-hybridized carbons (Fsp3) is 0.417. The maximum atomic E-state index is 13.0. The lowest BCUT2D eigenvalue weighted by Gasteiger charge is -2.38. The van der Waals surface area contributed by atoms with Crippen molar-refractivity contribution in [3.63, 3.8) is 0 Å². The van der Waals surface area contributed by atoms with Crippen LogP contribution in [0.15, 0.2) is 54.6 Å². The average molecular weight is 427 g/mol. The average Bonchev–Trinajstić information content (AvgIpc) is 2.79. The lowest BCUT2D eigenvalue weighted by atomic mass is 10.1. The zero-order valence-corrected chi connectivity index (χ0v) is 18.3. The highest BCUT2D eigenvalue weighted by atomic mass is 19.1. The van der Waals surface area contributed by atoms with E-state index < -0.39 is 0 Å². The van der Waals surface area contributed by atoms with Gasteiger partial charge in [0.2, 0.25) is 11.8 Å². The minimum Gasteiger partial charge on any atom is -0.337 e. The highest BCUT2D eigenvalue weighted by Gasteiger charge is 2.28. The number of anilines is 1. The number of benzene rings is 2. The van der Waals surface area contributed by atoms with Gasteiger partial charge in [-0.05, 0) is 43.7 Å². The van der Waals surface area contributed by atoms with Crippen LogP contribution in [0.1, 0.15) is 19.4 Å². The molecule has 3 rings (SSSR count). The zero-order chi connectivity index (χ0) is 22.2. The molecular weight excluding hydrogens is 395 g/mol. The van der Waals surface area contributed by atoms with Crippen molar-refractivity contribution in [2.45, 2.75) is 26.4 Å². The molecule has 1 fully saturated rings. The van der Waals surface area contributed by atoms with Crippen LogP contribution in [0.25, 0.3) is 0 Å². The third-order valence-corrected chi connectivity index (χ3v) is 5.72.